The van der Waals surface area contributed by atoms with Gasteiger partial charge in [0.1, 0.15) is 11.7 Å². The summed E-state index contributed by atoms with van der Waals surface area (Å²) < 4.78 is 6.28. The zero-order valence-electron chi connectivity index (χ0n) is 10.1. The molecule has 2 bridgehead atoms. The van der Waals surface area contributed by atoms with Gasteiger partial charge in [0.15, 0.2) is 5.78 Å². The van der Waals surface area contributed by atoms with Crippen LogP contribution in [0.3, 0.4) is 0 Å². The lowest BCUT2D eigenvalue weighted by molar-refractivity contribution is -0.148. The number of fused-ring (bicyclic) bond motifs is 3. The third-order valence-electron chi connectivity index (χ3n) is 4.89. The Balaban J connectivity index is 1.85. The maximum atomic E-state index is 12.1. The molecule has 3 aliphatic rings. The van der Waals surface area contributed by atoms with E-state index in [0.717, 1.165) is 19.3 Å². The molecule has 18 heavy (non-hydrogen) atoms. The standard InChI is InChI=1S/C15H15BrO2/c16-13-14(8-9-14)12-11(17)6-7-15(13,18-12)10-4-2-1-3-5-10/h1-5,12-13H,6-9H2/t12-,13-,15-/m0/s1. The summed E-state index contributed by atoms with van der Waals surface area (Å²) >= 11 is 3.87. The van der Waals surface area contributed by atoms with Gasteiger partial charge in [-0.15, -0.1) is 0 Å². The van der Waals surface area contributed by atoms with Gasteiger partial charge in [0, 0.05) is 11.8 Å². The molecular weight excluding hydrogens is 292 g/mol. The molecule has 0 amide bonds. The molecule has 4 rings (SSSR count). The highest BCUT2D eigenvalue weighted by atomic mass is 79.9. The van der Waals surface area contributed by atoms with Gasteiger partial charge in [0.2, 0.25) is 0 Å². The summed E-state index contributed by atoms with van der Waals surface area (Å²) in [5.41, 5.74) is 1.02. The van der Waals surface area contributed by atoms with Crippen LogP contribution < -0.4 is 0 Å². The number of rotatable bonds is 1. The van der Waals surface area contributed by atoms with E-state index < -0.39 is 0 Å². The Morgan fingerprint density at radius 1 is 1.17 bits per heavy atom. The molecule has 2 aliphatic heterocycles. The second-order valence-electron chi connectivity index (χ2n) is 5.82. The summed E-state index contributed by atoms with van der Waals surface area (Å²) in [5.74, 6) is 0.306. The Morgan fingerprint density at radius 2 is 1.89 bits per heavy atom. The van der Waals surface area contributed by atoms with Gasteiger partial charge in [-0.25, -0.2) is 0 Å². The lowest BCUT2D eigenvalue weighted by atomic mass is 9.84. The molecule has 2 nitrogen and oxygen atoms in total. The van der Waals surface area contributed by atoms with Crippen LogP contribution in [0.4, 0.5) is 0 Å². The molecule has 1 aromatic rings. The van der Waals surface area contributed by atoms with Crippen LogP contribution in [0, 0.1) is 5.41 Å². The van der Waals surface area contributed by atoms with Gasteiger partial charge in [-0.2, -0.15) is 0 Å². The largest absolute Gasteiger partial charge is 0.357 e. The lowest BCUT2D eigenvalue weighted by Crippen LogP contribution is -2.38. The number of carbonyl (C=O) groups is 1. The number of halogens is 1. The Labute approximate surface area is 115 Å². The van der Waals surface area contributed by atoms with E-state index in [4.69, 9.17) is 4.74 Å². The number of hydrogen-bond acceptors (Lipinski definition) is 2. The molecule has 3 fully saturated rings. The average molecular weight is 307 g/mol. The van der Waals surface area contributed by atoms with Crippen molar-refractivity contribution in [3.8, 4) is 0 Å². The van der Waals surface area contributed by atoms with Crippen molar-refractivity contribution in [1.29, 1.82) is 0 Å². The third kappa shape index (κ3) is 1.19. The molecule has 2 saturated heterocycles. The van der Waals surface area contributed by atoms with E-state index in [2.05, 4.69) is 40.2 Å². The number of carbonyl (C=O) groups excluding carboxylic acids is 1. The van der Waals surface area contributed by atoms with E-state index in [1.165, 1.54) is 5.56 Å². The van der Waals surface area contributed by atoms with Crippen LogP contribution in [-0.4, -0.2) is 16.7 Å². The summed E-state index contributed by atoms with van der Waals surface area (Å²) in [7, 11) is 0. The molecular formula is C15H15BrO2. The molecule has 94 valence electrons. The van der Waals surface area contributed by atoms with E-state index in [-0.39, 0.29) is 21.9 Å². The number of Topliss-reactive ketones (excluding diaryl/α,β-unsaturated/α-hetero) is 1. The highest BCUT2D eigenvalue weighted by molar-refractivity contribution is 9.09. The molecule has 0 unspecified atom stereocenters. The first-order valence-corrected chi connectivity index (χ1v) is 7.51. The molecule has 3 atom stereocenters. The number of benzene rings is 1. The van der Waals surface area contributed by atoms with Crippen molar-refractivity contribution < 1.29 is 9.53 Å². The van der Waals surface area contributed by atoms with Crippen molar-refractivity contribution in [2.75, 3.05) is 0 Å². The number of ether oxygens (including phenoxy) is 1. The molecule has 2 heterocycles. The Bertz CT molecular complexity index is 508. The summed E-state index contributed by atoms with van der Waals surface area (Å²) in [6, 6.07) is 10.4. The van der Waals surface area contributed by atoms with Gasteiger partial charge < -0.3 is 4.74 Å². The maximum Gasteiger partial charge on any atom is 0.162 e. The van der Waals surface area contributed by atoms with Crippen molar-refractivity contribution in [3.63, 3.8) is 0 Å². The van der Waals surface area contributed by atoms with E-state index in [1.54, 1.807) is 0 Å². The van der Waals surface area contributed by atoms with E-state index in [0.29, 0.717) is 12.2 Å². The SMILES string of the molecule is O=C1CC[C@@]2(c3ccccc3)O[C@@H]1C1(CC1)[C@@H]2Br. The number of alkyl halides is 1. The molecule has 1 aliphatic carbocycles. The van der Waals surface area contributed by atoms with Crippen LogP contribution in [0.25, 0.3) is 0 Å². The van der Waals surface area contributed by atoms with E-state index >= 15 is 0 Å². The third-order valence-corrected chi connectivity index (χ3v) is 6.54. The topological polar surface area (TPSA) is 26.3 Å². The first-order chi connectivity index (χ1) is 8.69. The van der Waals surface area contributed by atoms with Crippen LogP contribution in [0.2, 0.25) is 0 Å². The minimum atomic E-state index is -0.281. The highest BCUT2D eigenvalue weighted by Crippen LogP contribution is 2.69. The fourth-order valence-electron chi connectivity index (χ4n) is 3.74. The second kappa shape index (κ2) is 3.45. The lowest BCUT2D eigenvalue weighted by Gasteiger charge is -2.35. The smallest absolute Gasteiger partial charge is 0.162 e. The zero-order valence-corrected chi connectivity index (χ0v) is 11.7. The van der Waals surface area contributed by atoms with Gasteiger partial charge in [-0.3, -0.25) is 4.79 Å². The molecule has 0 N–H and O–H groups in total. The summed E-state index contributed by atoms with van der Waals surface area (Å²) in [5, 5.41) is 0. The number of hydrogen-bond donors (Lipinski definition) is 0. The summed E-state index contributed by atoms with van der Waals surface area (Å²) in [4.78, 5) is 12.4. The molecule has 0 radical (unpaired) electrons. The maximum absolute atomic E-state index is 12.1. The predicted molar refractivity (Wildman–Crippen MR) is 71.6 cm³/mol. The van der Waals surface area contributed by atoms with Gasteiger partial charge in [0.05, 0.1) is 4.83 Å². The van der Waals surface area contributed by atoms with Crippen LogP contribution in [0.15, 0.2) is 30.3 Å². The predicted octanol–water partition coefficient (Wildman–Crippen LogP) is 3.19. The van der Waals surface area contributed by atoms with Crippen molar-refractivity contribution in [2.45, 2.75) is 42.2 Å². The van der Waals surface area contributed by atoms with Crippen LogP contribution >= 0.6 is 15.9 Å². The van der Waals surface area contributed by atoms with Crippen LogP contribution in [-0.2, 0) is 15.1 Å². The molecule has 0 aromatic heterocycles. The number of ketones is 1. The average Bonchev–Trinajstić information content (AvgIpc) is 3.17. The first kappa shape index (κ1) is 11.2. The van der Waals surface area contributed by atoms with Crippen LogP contribution in [0.1, 0.15) is 31.2 Å². The quantitative estimate of drug-likeness (QED) is 0.745. The molecule has 1 aromatic carbocycles. The highest BCUT2D eigenvalue weighted by Gasteiger charge is 2.71. The normalized spacial score (nSPS) is 40.2. The fraction of sp³-hybridized carbons (Fsp3) is 0.533. The van der Waals surface area contributed by atoms with Crippen molar-refractivity contribution in [3.05, 3.63) is 35.9 Å². The van der Waals surface area contributed by atoms with Crippen molar-refractivity contribution >= 4 is 21.7 Å². The fourth-order valence-corrected chi connectivity index (χ4v) is 5.03. The van der Waals surface area contributed by atoms with Gasteiger partial charge >= 0.3 is 0 Å². The minimum absolute atomic E-state index is 0.0867. The van der Waals surface area contributed by atoms with E-state index in [9.17, 15) is 4.79 Å². The molecule has 1 saturated carbocycles. The summed E-state index contributed by atoms with van der Waals surface area (Å²) in [6.45, 7) is 0. The Morgan fingerprint density at radius 3 is 2.56 bits per heavy atom. The monoisotopic (exact) mass is 306 g/mol. The molecule has 1 spiro atoms. The first-order valence-electron chi connectivity index (χ1n) is 6.59. The van der Waals surface area contributed by atoms with Crippen LogP contribution in [0.5, 0.6) is 0 Å². The van der Waals surface area contributed by atoms with Crippen molar-refractivity contribution in [1.82, 2.24) is 0 Å². The Hall–Kier alpha value is -0.670. The van der Waals surface area contributed by atoms with Crippen molar-refractivity contribution in [2.24, 2.45) is 5.41 Å². The minimum Gasteiger partial charge on any atom is -0.357 e. The second-order valence-corrected chi connectivity index (χ2v) is 6.73. The molecule has 3 heteroatoms. The van der Waals surface area contributed by atoms with E-state index in [1.807, 2.05) is 6.07 Å². The summed E-state index contributed by atoms with van der Waals surface area (Å²) in [6.07, 6.45) is 3.53. The Kier molecular flexibility index (Phi) is 2.15. The van der Waals surface area contributed by atoms with Gasteiger partial charge in [0.25, 0.3) is 0 Å². The van der Waals surface area contributed by atoms with Gasteiger partial charge in [-0.1, -0.05) is 46.3 Å². The van der Waals surface area contributed by atoms with Gasteiger partial charge in [-0.05, 0) is 24.8 Å². The zero-order chi connectivity index (χ0) is 12.4.